The molecule has 0 aliphatic heterocycles. The van der Waals surface area contributed by atoms with Crippen molar-refractivity contribution in [1.82, 2.24) is 0 Å². The molecule has 0 atom stereocenters. The second-order valence-corrected chi connectivity index (χ2v) is 10.6. The molecule has 0 N–H and O–H groups in total. The van der Waals surface area contributed by atoms with E-state index >= 15 is 0 Å². The van der Waals surface area contributed by atoms with Gasteiger partial charge in [0.1, 0.15) is 0 Å². The summed E-state index contributed by atoms with van der Waals surface area (Å²) < 4.78 is 6.06. The Balaban J connectivity index is 4.12. The van der Waals surface area contributed by atoms with Crippen molar-refractivity contribution in [2.24, 2.45) is 0 Å². The van der Waals surface area contributed by atoms with Crippen molar-refractivity contribution in [3.63, 3.8) is 0 Å². The van der Waals surface area contributed by atoms with Crippen LogP contribution in [0.5, 0.6) is 0 Å². The summed E-state index contributed by atoms with van der Waals surface area (Å²) in [4.78, 5) is 0. The van der Waals surface area contributed by atoms with E-state index in [1.54, 1.807) is 0 Å². The van der Waals surface area contributed by atoms with Crippen LogP contribution < -0.4 is 0 Å². The topological polar surface area (TPSA) is 9.23 Å². The molecule has 0 saturated carbocycles. The summed E-state index contributed by atoms with van der Waals surface area (Å²) in [5.74, 6) is 2.66. The third-order valence-electron chi connectivity index (χ3n) is 3.35. The molecular formula is C14H26OSi. The second kappa shape index (κ2) is 6.27. The van der Waals surface area contributed by atoms with Crippen molar-refractivity contribution in [3.8, 4) is 12.3 Å². The molecule has 0 aliphatic rings. The molecule has 0 aliphatic carbocycles. The lowest BCUT2D eigenvalue weighted by Crippen LogP contribution is -2.40. The van der Waals surface area contributed by atoms with Crippen LogP contribution in [0.3, 0.4) is 0 Å². The van der Waals surface area contributed by atoms with E-state index < -0.39 is 8.32 Å². The fourth-order valence-corrected chi connectivity index (χ4v) is 1.91. The van der Waals surface area contributed by atoms with E-state index in [2.05, 4.69) is 52.8 Å². The smallest absolute Gasteiger partial charge is 0.192 e. The molecule has 0 heterocycles. The predicted molar refractivity (Wildman–Crippen MR) is 75.0 cm³/mol. The van der Waals surface area contributed by atoms with Gasteiger partial charge in [0, 0.05) is 6.42 Å². The van der Waals surface area contributed by atoms with Crippen molar-refractivity contribution >= 4 is 8.32 Å². The van der Waals surface area contributed by atoms with Gasteiger partial charge in [-0.1, -0.05) is 32.4 Å². The third kappa shape index (κ3) is 5.53. The Morgan fingerprint density at radius 3 is 2.38 bits per heavy atom. The molecule has 0 bridgehead atoms. The largest absolute Gasteiger partial charge is 0.413 e. The van der Waals surface area contributed by atoms with E-state index in [0.717, 1.165) is 19.4 Å². The summed E-state index contributed by atoms with van der Waals surface area (Å²) in [5, 5.41) is 0.285. The fraction of sp³-hybridized carbons (Fsp3) is 0.714. The van der Waals surface area contributed by atoms with E-state index in [4.69, 9.17) is 10.8 Å². The molecule has 92 valence electrons. The maximum Gasteiger partial charge on any atom is 0.192 e. The van der Waals surface area contributed by atoms with E-state index in [0.29, 0.717) is 0 Å². The van der Waals surface area contributed by atoms with Gasteiger partial charge >= 0.3 is 0 Å². The molecule has 0 saturated heterocycles. The zero-order valence-corrected chi connectivity index (χ0v) is 12.7. The van der Waals surface area contributed by atoms with Crippen molar-refractivity contribution < 1.29 is 4.43 Å². The van der Waals surface area contributed by atoms with Gasteiger partial charge in [0.2, 0.25) is 0 Å². The van der Waals surface area contributed by atoms with Crippen molar-refractivity contribution in [1.29, 1.82) is 0 Å². The Hall–Kier alpha value is -0.523. The molecule has 0 fully saturated rings. The lowest BCUT2D eigenvalue weighted by Gasteiger charge is -2.35. The van der Waals surface area contributed by atoms with Gasteiger partial charge in [-0.25, -0.2) is 0 Å². The summed E-state index contributed by atoms with van der Waals surface area (Å²) in [7, 11) is -1.59. The average Bonchev–Trinajstić information content (AvgIpc) is 2.12. The molecular weight excluding hydrogens is 212 g/mol. The molecule has 0 amide bonds. The molecule has 0 spiro atoms. The summed E-state index contributed by atoms with van der Waals surface area (Å²) in [6, 6.07) is 0. The standard InChI is InChI=1S/C14H26OSi/c1-8-9-10-13(2)11-12-15-16(6,7)14(3,4)5/h1,11H,9-10,12H2,2-7H3/b13-11+. The van der Waals surface area contributed by atoms with E-state index in [9.17, 15) is 0 Å². The molecule has 16 heavy (non-hydrogen) atoms. The quantitative estimate of drug-likeness (QED) is 0.393. The van der Waals surface area contributed by atoms with Crippen LogP contribution >= 0.6 is 0 Å². The first-order valence-corrected chi connectivity index (χ1v) is 8.84. The highest BCUT2D eigenvalue weighted by molar-refractivity contribution is 6.74. The van der Waals surface area contributed by atoms with Gasteiger partial charge in [-0.3, -0.25) is 0 Å². The van der Waals surface area contributed by atoms with Crippen molar-refractivity contribution in [2.75, 3.05) is 6.61 Å². The Kier molecular flexibility index (Phi) is 6.07. The second-order valence-electron chi connectivity index (χ2n) is 5.83. The van der Waals surface area contributed by atoms with Gasteiger partial charge in [0.15, 0.2) is 8.32 Å². The van der Waals surface area contributed by atoms with Crippen LogP contribution in [0.15, 0.2) is 11.6 Å². The zero-order chi connectivity index (χ0) is 12.8. The minimum absolute atomic E-state index is 0.285. The molecule has 0 unspecified atom stereocenters. The van der Waals surface area contributed by atoms with E-state index in [-0.39, 0.29) is 5.04 Å². The summed E-state index contributed by atoms with van der Waals surface area (Å²) >= 11 is 0. The molecule has 0 rings (SSSR count). The maximum absolute atomic E-state index is 6.06. The highest BCUT2D eigenvalue weighted by atomic mass is 28.4. The Morgan fingerprint density at radius 2 is 1.94 bits per heavy atom. The van der Waals surface area contributed by atoms with Crippen LogP contribution in [-0.2, 0) is 4.43 Å². The monoisotopic (exact) mass is 238 g/mol. The van der Waals surface area contributed by atoms with Gasteiger partial charge in [-0.2, -0.15) is 0 Å². The third-order valence-corrected chi connectivity index (χ3v) is 7.85. The van der Waals surface area contributed by atoms with Crippen molar-refractivity contribution in [2.45, 2.75) is 58.7 Å². The van der Waals surface area contributed by atoms with Crippen LogP contribution in [0.25, 0.3) is 0 Å². The Labute approximate surface area is 102 Å². The van der Waals surface area contributed by atoms with Crippen LogP contribution in [0.2, 0.25) is 18.1 Å². The summed E-state index contributed by atoms with van der Waals surface area (Å²) in [6.07, 6.45) is 9.20. The molecule has 0 radical (unpaired) electrons. The number of hydrogen-bond acceptors (Lipinski definition) is 1. The number of allylic oxidation sites excluding steroid dienone is 1. The van der Waals surface area contributed by atoms with Gasteiger partial charge in [0.25, 0.3) is 0 Å². The first kappa shape index (κ1) is 15.5. The Morgan fingerprint density at radius 1 is 1.38 bits per heavy atom. The average molecular weight is 238 g/mol. The number of rotatable bonds is 5. The van der Waals surface area contributed by atoms with Gasteiger partial charge in [-0.05, 0) is 31.5 Å². The molecule has 2 heteroatoms. The first-order chi connectivity index (χ1) is 7.20. The highest BCUT2D eigenvalue weighted by Gasteiger charge is 2.36. The first-order valence-electron chi connectivity index (χ1n) is 5.94. The Bertz CT molecular complexity index is 276. The molecule has 0 aromatic heterocycles. The number of hydrogen-bond donors (Lipinski definition) is 0. The number of terminal acetylenes is 1. The zero-order valence-electron chi connectivity index (χ0n) is 11.7. The van der Waals surface area contributed by atoms with Crippen LogP contribution in [0.1, 0.15) is 40.5 Å². The minimum atomic E-state index is -1.59. The van der Waals surface area contributed by atoms with Crippen LogP contribution in [0.4, 0.5) is 0 Å². The normalized spacial score (nSPS) is 13.7. The van der Waals surface area contributed by atoms with Crippen molar-refractivity contribution in [3.05, 3.63) is 11.6 Å². The van der Waals surface area contributed by atoms with E-state index in [1.165, 1.54) is 5.57 Å². The predicted octanol–water partition coefficient (Wildman–Crippen LogP) is 4.37. The van der Waals surface area contributed by atoms with Crippen LogP contribution in [-0.4, -0.2) is 14.9 Å². The highest BCUT2D eigenvalue weighted by Crippen LogP contribution is 2.36. The molecule has 1 nitrogen and oxygen atoms in total. The van der Waals surface area contributed by atoms with Gasteiger partial charge in [-0.15, -0.1) is 12.3 Å². The van der Waals surface area contributed by atoms with E-state index in [1.807, 2.05) is 0 Å². The molecule has 0 aromatic rings. The van der Waals surface area contributed by atoms with Crippen LogP contribution in [0, 0.1) is 12.3 Å². The fourth-order valence-electron chi connectivity index (χ4n) is 0.980. The minimum Gasteiger partial charge on any atom is -0.413 e. The SMILES string of the molecule is C#CCC/C(C)=C/CO[Si](C)(C)C(C)(C)C. The van der Waals surface area contributed by atoms with Gasteiger partial charge < -0.3 is 4.43 Å². The summed E-state index contributed by atoms with van der Waals surface area (Å²) in [6.45, 7) is 14.2. The summed E-state index contributed by atoms with van der Waals surface area (Å²) in [5.41, 5.74) is 1.33. The molecule has 0 aromatic carbocycles. The lowest BCUT2D eigenvalue weighted by atomic mass is 10.1. The maximum atomic E-state index is 6.06. The lowest BCUT2D eigenvalue weighted by molar-refractivity contribution is 0.327. The van der Waals surface area contributed by atoms with Gasteiger partial charge in [0.05, 0.1) is 6.61 Å².